The zero-order chi connectivity index (χ0) is 14.4. The zero-order valence-corrected chi connectivity index (χ0v) is 12.5. The molecule has 0 spiro atoms. The van der Waals surface area contributed by atoms with E-state index in [2.05, 4.69) is 23.2 Å². The third-order valence-corrected chi connectivity index (χ3v) is 3.73. The van der Waals surface area contributed by atoms with Gasteiger partial charge in [0.25, 0.3) is 0 Å². The molecule has 112 valence electrons. The van der Waals surface area contributed by atoms with E-state index in [4.69, 9.17) is 4.74 Å². The summed E-state index contributed by atoms with van der Waals surface area (Å²) in [5.74, 6) is -0.151. The van der Waals surface area contributed by atoms with Crippen LogP contribution in [-0.4, -0.2) is 32.3 Å². The van der Waals surface area contributed by atoms with Gasteiger partial charge < -0.3 is 15.0 Å². The summed E-state index contributed by atoms with van der Waals surface area (Å²) in [7, 11) is 0. The third-order valence-electron chi connectivity index (χ3n) is 3.73. The smallest absolute Gasteiger partial charge is 0.125 e. The summed E-state index contributed by atoms with van der Waals surface area (Å²) in [6.45, 7) is 8.36. The second kappa shape index (κ2) is 7.60. The van der Waals surface area contributed by atoms with Crippen molar-refractivity contribution in [2.45, 2.75) is 39.3 Å². The van der Waals surface area contributed by atoms with Gasteiger partial charge in [-0.1, -0.05) is 6.92 Å². The summed E-state index contributed by atoms with van der Waals surface area (Å²) in [5, 5.41) is 3.24. The van der Waals surface area contributed by atoms with Crippen molar-refractivity contribution in [3.8, 4) is 0 Å². The Morgan fingerprint density at radius 3 is 2.65 bits per heavy atom. The van der Waals surface area contributed by atoms with Gasteiger partial charge in [0.2, 0.25) is 0 Å². The number of nitrogens with zero attached hydrogens (tertiary/aromatic N) is 1. The van der Waals surface area contributed by atoms with Gasteiger partial charge in [-0.25, -0.2) is 4.39 Å². The fourth-order valence-electron chi connectivity index (χ4n) is 2.70. The van der Waals surface area contributed by atoms with Gasteiger partial charge in [0, 0.05) is 31.9 Å². The number of nitrogens with one attached hydrogen (secondary N) is 1. The first kappa shape index (κ1) is 15.3. The lowest BCUT2D eigenvalue weighted by molar-refractivity contribution is 0.0459. The second-order valence-electron chi connectivity index (χ2n) is 5.24. The van der Waals surface area contributed by atoms with Crippen molar-refractivity contribution in [1.82, 2.24) is 5.32 Å². The van der Waals surface area contributed by atoms with E-state index in [-0.39, 0.29) is 5.82 Å². The van der Waals surface area contributed by atoms with Crippen LogP contribution >= 0.6 is 0 Å². The number of ether oxygens (including phenoxy) is 1. The predicted molar refractivity (Wildman–Crippen MR) is 80.6 cm³/mol. The SMILES string of the molecule is CCNCc1cc(F)cc(N2CCC(OCC)CC2)c1. The van der Waals surface area contributed by atoms with E-state index in [9.17, 15) is 4.39 Å². The molecule has 0 aliphatic carbocycles. The van der Waals surface area contributed by atoms with Crippen LogP contribution in [0.4, 0.5) is 10.1 Å². The highest BCUT2D eigenvalue weighted by Gasteiger charge is 2.20. The first-order valence-corrected chi connectivity index (χ1v) is 7.59. The van der Waals surface area contributed by atoms with Crippen LogP contribution in [0.5, 0.6) is 0 Å². The maximum absolute atomic E-state index is 13.7. The lowest BCUT2D eigenvalue weighted by atomic mass is 10.1. The molecule has 1 heterocycles. The van der Waals surface area contributed by atoms with Crippen LogP contribution in [-0.2, 0) is 11.3 Å². The minimum atomic E-state index is -0.151. The molecule has 0 unspecified atom stereocenters. The number of hydrogen-bond acceptors (Lipinski definition) is 3. The monoisotopic (exact) mass is 280 g/mol. The van der Waals surface area contributed by atoms with Crippen molar-refractivity contribution in [3.63, 3.8) is 0 Å². The Bertz CT molecular complexity index is 417. The molecule has 1 N–H and O–H groups in total. The molecule has 20 heavy (non-hydrogen) atoms. The van der Waals surface area contributed by atoms with Gasteiger partial charge in [-0.3, -0.25) is 0 Å². The molecule has 0 radical (unpaired) electrons. The normalized spacial score (nSPS) is 16.6. The van der Waals surface area contributed by atoms with E-state index in [1.807, 2.05) is 6.92 Å². The molecular formula is C16H25FN2O. The highest BCUT2D eigenvalue weighted by atomic mass is 19.1. The Morgan fingerprint density at radius 1 is 1.25 bits per heavy atom. The highest BCUT2D eigenvalue weighted by molar-refractivity contribution is 5.49. The summed E-state index contributed by atoms with van der Waals surface area (Å²) in [6, 6.07) is 5.34. The number of piperidine rings is 1. The maximum Gasteiger partial charge on any atom is 0.125 e. The number of halogens is 1. The molecule has 1 aromatic rings. The van der Waals surface area contributed by atoms with Gasteiger partial charge in [-0.15, -0.1) is 0 Å². The minimum absolute atomic E-state index is 0.151. The summed E-state index contributed by atoms with van der Waals surface area (Å²) >= 11 is 0. The van der Waals surface area contributed by atoms with Crippen LogP contribution in [0.2, 0.25) is 0 Å². The maximum atomic E-state index is 13.7. The molecule has 2 rings (SSSR count). The minimum Gasteiger partial charge on any atom is -0.378 e. The lowest BCUT2D eigenvalue weighted by Crippen LogP contribution is -2.37. The van der Waals surface area contributed by atoms with Gasteiger partial charge >= 0.3 is 0 Å². The molecule has 3 nitrogen and oxygen atoms in total. The van der Waals surface area contributed by atoms with Crippen LogP contribution in [0, 0.1) is 5.82 Å². The Kier molecular flexibility index (Phi) is 5.80. The van der Waals surface area contributed by atoms with Crippen molar-refractivity contribution in [1.29, 1.82) is 0 Å². The zero-order valence-electron chi connectivity index (χ0n) is 12.5. The van der Waals surface area contributed by atoms with E-state index < -0.39 is 0 Å². The van der Waals surface area contributed by atoms with Crippen LogP contribution in [0.1, 0.15) is 32.3 Å². The van der Waals surface area contributed by atoms with Crippen molar-refractivity contribution in [2.24, 2.45) is 0 Å². The lowest BCUT2D eigenvalue weighted by Gasteiger charge is -2.33. The quantitative estimate of drug-likeness (QED) is 0.867. The number of rotatable bonds is 6. The van der Waals surface area contributed by atoms with E-state index in [1.54, 1.807) is 12.1 Å². The molecule has 0 bridgehead atoms. The van der Waals surface area contributed by atoms with Crippen LogP contribution < -0.4 is 10.2 Å². The van der Waals surface area contributed by atoms with Crippen molar-refractivity contribution >= 4 is 5.69 Å². The molecule has 0 atom stereocenters. The topological polar surface area (TPSA) is 24.5 Å². The van der Waals surface area contributed by atoms with Gasteiger partial charge in [0.15, 0.2) is 0 Å². The first-order chi connectivity index (χ1) is 9.72. The molecule has 1 aliphatic rings. The van der Waals surface area contributed by atoms with E-state index >= 15 is 0 Å². The first-order valence-electron chi connectivity index (χ1n) is 7.59. The number of anilines is 1. The fraction of sp³-hybridized carbons (Fsp3) is 0.625. The van der Waals surface area contributed by atoms with E-state index in [0.717, 1.165) is 56.9 Å². The molecular weight excluding hydrogens is 255 g/mol. The number of hydrogen-bond donors (Lipinski definition) is 1. The average Bonchev–Trinajstić information content (AvgIpc) is 2.46. The highest BCUT2D eigenvalue weighted by Crippen LogP contribution is 2.23. The molecule has 4 heteroatoms. The van der Waals surface area contributed by atoms with Crippen molar-refractivity contribution in [2.75, 3.05) is 31.1 Å². The molecule has 0 saturated carbocycles. The predicted octanol–water partition coefficient (Wildman–Crippen LogP) is 2.94. The van der Waals surface area contributed by atoms with Crippen LogP contribution in [0.25, 0.3) is 0 Å². The Hall–Kier alpha value is -1.13. The third kappa shape index (κ3) is 4.18. The molecule has 1 aliphatic heterocycles. The largest absolute Gasteiger partial charge is 0.378 e. The standard InChI is InChI=1S/C16H25FN2O/c1-3-18-12-13-9-14(17)11-15(10-13)19-7-5-16(6-8-19)20-4-2/h9-11,16,18H,3-8,12H2,1-2H3. The summed E-state index contributed by atoms with van der Waals surface area (Å²) in [6.07, 6.45) is 2.41. The summed E-state index contributed by atoms with van der Waals surface area (Å²) < 4.78 is 19.4. The second-order valence-corrected chi connectivity index (χ2v) is 5.24. The molecule has 1 saturated heterocycles. The van der Waals surface area contributed by atoms with E-state index in [1.165, 1.54) is 0 Å². The molecule has 1 fully saturated rings. The summed E-state index contributed by atoms with van der Waals surface area (Å²) in [5.41, 5.74) is 2.00. The van der Waals surface area contributed by atoms with Crippen LogP contribution in [0.3, 0.4) is 0 Å². The Morgan fingerprint density at radius 2 is 2.00 bits per heavy atom. The van der Waals surface area contributed by atoms with Crippen molar-refractivity contribution in [3.05, 3.63) is 29.6 Å². The van der Waals surface area contributed by atoms with Gasteiger partial charge in [0.1, 0.15) is 5.82 Å². The van der Waals surface area contributed by atoms with Gasteiger partial charge in [-0.2, -0.15) is 0 Å². The van der Waals surface area contributed by atoms with Gasteiger partial charge in [0.05, 0.1) is 6.10 Å². The Balaban J connectivity index is 2.00. The molecule has 0 amide bonds. The molecule has 1 aromatic carbocycles. The van der Waals surface area contributed by atoms with Crippen LogP contribution in [0.15, 0.2) is 18.2 Å². The molecule has 0 aromatic heterocycles. The van der Waals surface area contributed by atoms with Gasteiger partial charge in [-0.05, 0) is 50.1 Å². The summed E-state index contributed by atoms with van der Waals surface area (Å²) in [4.78, 5) is 2.26. The number of benzene rings is 1. The van der Waals surface area contributed by atoms with E-state index in [0.29, 0.717) is 6.10 Å². The average molecular weight is 280 g/mol. The Labute approximate surface area is 121 Å². The van der Waals surface area contributed by atoms with Crippen molar-refractivity contribution < 1.29 is 9.13 Å². The fourth-order valence-corrected chi connectivity index (χ4v) is 2.70.